The number of hydrogen-bond acceptors (Lipinski definition) is 4. The summed E-state index contributed by atoms with van der Waals surface area (Å²) in [5, 5.41) is 12.9. The van der Waals surface area contributed by atoms with Crippen LogP contribution >= 0.6 is 0 Å². The van der Waals surface area contributed by atoms with Crippen molar-refractivity contribution >= 4 is 0 Å². The van der Waals surface area contributed by atoms with E-state index in [1.807, 2.05) is 19.1 Å². The maximum atomic E-state index is 9.54. The molecule has 0 heterocycles. The van der Waals surface area contributed by atoms with Crippen molar-refractivity contribution in [3.63, 3.8) is 0 Å². The first-order valence-corrected chi connectivity index (χ1v) is 7.74. The average Bonchev–Trinajstić information content (AvgIpc) is 2.53. The third-order valence-electron chi connectivity index (χ3n) is 3.70. The topological polar surface area (TPSA) is 50.7 Å². The van der Waals surface area contributed by atoms with Crippen LogP contribution in [0.25, 0.3) is 0 Å². The summed E-state index contributed by atoms with van der Waals surface area (Å²) < 4.78 is 11.2. The molecular formula is C17H29NO3. The molecule has 1 unspecified atom stereocenters. The minimum Gasteiger partial charge on any atom is -0.493 e. The van der Waals surface area contributed by atoms with E-state index in [9.17, 15) is 5.11 Å². The van der Waals surface area contributed by atoms with Gasteiger partial charge in [-0.2, -0.15) is 0 Å². The first-order chi connectivity index (χ1) is 10.1. The monoisotopic (exact) mass is 295 g/mol. The molecule has 1 aromatic rings. The molecule has 0 aromatic heterocycles. The van der Waals surface area contributed by atoms with Gasteiger partial charge in [-0.05, 0) is 44.0 Å². The molecule has 4 nitrogen and oxygen atoms in total. The second kappa shape index (κ2) is 8.90. The Balaban J connectivity index is 2.58. The summed E-state index contributed by atoms with van der Waals surface area (Å²) in [7, 11) is 1.66. The van der Waals surface area contributed by atoms with Gasteiger partial charge in [0.15, 0.2) is 11.5 Å². The summed E-state index contributed by atoms with van der Waals surface area (Å²) >= 11 is 0. The van der Waals surface area contributed by atoms with Gasteiger partial charge in [-0.15, -0.1) is 0 Å². The maximum Gasteiger partial charge on any atom is 0.161 e. The smallest absolute Gasteiger partial charge is 0.161 e. The van der Waals surface area contributed by atoms with Crippen LogP contribution in [0.2, 0.25) is 0 Å². The fourth-order valence-electron chi connectivity index (χ4n) is 2.09. The Bertz CT molecular complexity index is 422. The van der Waals surface area contributed by atoms with Crippen molar-refractivity contribution in [3.8, 4) is 11.5 Å². The third-order valence-corrected chi connectivity index (χ3v) is 3.70. The van der Waals surface area contributed by atoms with E-state index in [-0.39, 0.29) is 12.1 Å². The first kappa shape index (κ1) is 17.8. The molecule has 1 atom stereocenters. The van der Waals surface area contributed by atoms with Crippen LogP contribution in [-0.4, -0.2) is 37.5 Å². The zero-order valence-corrected chi connectivity index (χ0v) is 13.7. The second-order valence-electron chi connectivity index (χ2n) is 5.58. The summed E-state index contributed by atoms with van der Waals surface area (Å²) in [6.07, 6.45) is 2.76. The number of nitrogens with one attached hydrogen (secondary N) is 1. The van der Waals surface area contributed by atoms with Gasteiger partial charge in [0.05, 0.1) is 20.3 Å². The van der Waals surface area contributed by atoms with Crippen LogP contribution in [0.3, 0.4) is 0 Å². The Kier molecular flexibility index (Phi) is 7.54. The molecule has 0 aliphatic carbocycles. The van der Waals surface area contributed by atoms with Crippen molar-refractivity contribution < 1.29 is 14.6 Å². The van der Waals surface area contributed by atoms with Gasteiger partial charge in [0.25, 0.3) is 0 Å². The fourth-order valence-corrected chi connectivity index (χ4v) is 2.09. The van der Waals surface area contributed by atoms with Gasteiger partial charge in [-0.25, -0.2) is 0 Å². The third kappa shape index (κ3) is 5.56. The van der Waals surface area contributed by atoms with Crippen LogP contribution in [0.15, 0.2) is 18.2 Å². The van der Waals surface area contributed by atoms with Crippen LogP contribution in [0, 0.1) is 0 Å². The molecule has 0 saturated carbocycles. The Morgan fingerprint density at radius 3 is 2.57 bits per heavy atom. The minimum atomic E-state index is -0.299. The van der Waals surface area contributed by atoms with Gasteiger partial charge >= 0.3 is 0 Å². The van der Waals surface area contributed by atoms with Crippen molar-refractivity contribution in [1.29, 1.82) is 0 Å². The maximum absolute atomic E-state index is 9.54. The second-order valence-corrected chi connectivity index (χ2v) is 5.58. The largest absolute Gasteiger partial charge is 0.493 e. The predicted molar refractivity (Wildman–Crippen MR) is 86.3 cm³/mol. The van der Waals surface area contributed by atoms with E-state index >= 15 is 0 Å². The van der Waals surface area contributed by atoms with E-state index in [0.717, 1.165) is 37.3 Å². The predicted octanol–water partition coefficient (Wildman–Crippen LogP) is 2.78. The summed E-state index contributed by atoms with van der Waals surface area (Å²) in [6, 6.07) is 6.02. The zero-order valence-electron chi connectivity index (χ0n) is 13.7. The van der Waals surface area contributed by atoms with Gasteiger partial charge in [0, 0.05) is 12.0 Å². The molecule has 0 saturated heterocycles. The van der Waals surface area contributed by atoms with Crippen molar-refractivity contribution in [2.75, 3.05) is 26.9 Å². The van der Waals surface area contributed by atoms with Gasteiger partial charge in [-0.1, -0.05) is 19.9 Å². The number of benzene rings is 1. The molecule has 0 spiro atoms. The summed E-state index contributed by atoms with van der Waals surface area (Å²) in [5.41, 5.74) is 0.927. The van der Waals surface area contributed by atoms with Gasteiger partial charge in [-0.3, -0.25) is 0 Å². The SMILES string of the molecule is CCCNC(C)(CO)CCOc1ccc(CC)cc1OC. The van der Waals surface area contributed by atoms with Crippen molar-refractivity contribution in [2.24, 2.45) is 0 Å². The Morgan fingerprint density at radius 2 is 2.00 bits per heavy atom. The number of aryl methyl sites for hydroxylation is 1. The quantitative estimate of drug-likeness (QED) is 0.697. The van der Waals surface area contributed by atoms with Crippen LogP contribution in [0.5, 0.6) is 11.5 Å². The molecule has 0 bridgehead atoms. The molecule has 1 rings (SSSR count). The Labute approximate surface area is 128 Å². The lowest BCUT2D eigenvalue weighted by molar-refractivity contribution is 0.143. The molecule has 0 radical (unpaired) electrons. The van der Waals surface area contributed by atoms with Crippen LogP contribution in [0.1, 0.15) is 39.2 Å². The van der Waals surface area contributed by atoms with E-state index in [4.69, 9.17) is 9.47 Å². The fraction of sp³-hybridized carbons (Fsp3) is 0.647. The van der Waals surface area contributed by atoms with E-state index in [2.05, 4.69) is 25.2 Å². The zero-order chi connectivity index (χ0) is 15.7. The summed E-state index contributed by atoms with van der Waals surface area (Å²) in [5.74, 6) is 1.52. The average molecular weight is 295 g/mol. The van der Waals surface area contributed by atoms with E-state index in [1.54, 1.807) is 7.11 Å². The molecule has 120 valence electrons. The summed E-state index contributed by atoms with van der Waals surface area (Å²) in [6.45, 7) is 7.77. The summed E-state index contributed by atoms with van der Waals surface area (Å²) in [4.78, 5) is 0. The van der Waals surface area contributed by atoms with E-state index in [1.165, 1.54) is 5.56 Å². The van der Waals surface area contributed by atoms with E-state index < -0.39 is 0 Å². The number of rotatable bonds is 10. The number of aliphatic hydroxyl groups excluding tert-OH is 1. The van der Waals surface area contributed by atoms with Gasteiger partial charge in [0.2, 0.25) is 0 Å². The number of ether oxygens (including phenoxy) is 2. The Hall–Kier alpha value is -1.26. The molecule has 0 amide bonds. The minimum absolute atomic E-state index is 0.0995. The number of aliphatic hydroxyl groups is 1. The highest BCUT2D eigenvalue weighted by molar-refractivity contribution is 5.42. The number of hydrogen-bond donors (Lipinski definition) is 2. The molecule has 21 heavy (non-hydrogen) atoms. The lowest BCUT2D eigenvalue weighted by atomic mass is 9.99. The van der Waals surface area contributed by atoms with Crippen LogP contribution in [-0.2, 0) is 6.42 Å². The standard InChI is InChI=1S/C17H29NO3/c1-5-10-18-17(3,13-19)9-11-21-15-8-7-14(6-2)12-16(15)20-4/h7-8,12,18-19H,5-6,9-11,13H2,1-4H3. The van der Waals surface area contributed by atoms with E-state index in [0.29, 0.717) is 6.61 Å². The van der Waals surface area contributed by atoms with Crippen LogP contribution < -0.4 is 14.8 Å². The molecule has 2 N–H and O–H groups in total. The van der Waals surface area contributed by atoms with Gasteiger partial charge in [0.1, 0.15) is 0 Å². The Morgan fingerprint density at radius 1 is 1.24 bits per heavy atom. The van der Waals surface area contributed by atoms with Crippen molar-refractivity contribution in [2.45, 2.75) is 45.6 Å². The highest BCUT2D eigenvalue weighted by Crippen LogP contribution is 2.28. The molecule has 0 aliphatic heterocycles. The normalized spacial score (nSPS) is 13.8. The molecule has 4 heteroatoms. The molecular weight excluding hydrogens is 266 g/mol. The molecule has 0 fully saturated rings. The number of methoxy groups -OCH3 is 1. The molecule has 1 aromatic carbocycles. The highest BCUT2D eigenvalue weighted by atomic mass is 16.5. The highest BCUT2D eigenvalue weighted by Gasteiger charge is 2.22. The van der Waals surface area contributed by atoms with Crippen molar-refractivity contribution in [3.05, 3.63) is 23.8 Å². The first-order valence-electron chi connectivity index (χ1n) is 7.74. The lowest BCUT2D eigenvalue weighted by Crippen LogP contribution is -2.47. The van der Waals surface area contributed by atoms with Crippen LogP contribution in [0.4, 0.5) is 0 Å². The molecule has 0 aliphatic rings. The van der Waals surface area contributed by atoms with Gasteiger partial charge < -0.3 is 19.9 Å². The van der Waals surface area contributed by atoms with Crippen molar-refractivity contribution in [1.82, 2.24) is 5.32 Å². The lowest BCUT2D eigenvalue weighted by Gasteiger charge is -2.28.